The number of aromatic nitrogens is 1. The summed E-state index contributed by atoms with van der Waals surface area (Å²) in [5, 5.41) is 12.7. The Morgan fingerprint density at radius 2 is 1.74 bits per heavy atom. The van der Waals surface area contributed by atoms with E-state index in [1.165, 1.54) is 0 Å². The van der Waals surface area contributed by atoms with Crippen LogP contribution in [0.1, 0.15) is 66.1 Å². The van der Waals surface area contributed by atoms with Crippen molar-refractivity contribution in [2.45, 2.75) is 59.0 Å². The Morgan fingerprint density at radius 1 is 1.05 bits per heavy atom. The number of piperidine rings is 1. The van der Waals surface area contributed by atoms with Gasteiger partial charge < -0.3 is 15.3 Å². The summed E-state index contributed by atoms with van der Waals surface area (Å²) < 4.78 is 0. The van der Waals surface area contributed by atoms with Crippen LogP contribution in [0.25, 0.3) is 11.1 Å². The maximum absolute atomic E-state index is 13.9. The summed E-state index contributed by atoms with van der Waals surface area (Å²) in [6.45, 7) is 8.55. The van der Waals surface area contributed by atoms with Crippen molar-refractivity contribution in [3.8, 4) is 11.1 Å². The third-order valence-corrected chi connectivity index (χ3v) is 7.26. The summed E-state index contributed by atoms with van der Waals surface area (Å²) in [6, 6.07) is 13.8. The molecule has 38 heavy (non-hydrogen) atoms. The molecule has 2 aromatic carbocycles. The molecule has 1 aromatic heterocycles. The van der Waals surface area contributed by atoms with Crippen molar-refractivity contribution in [1.29, 1.82) is 0 Å². The molecular formula is C31H35N3O4. The molecule has 1 aliphatic rings. The largest absolute Gasteiger partial charge is 0.481 e. The Bertz CT molecular complexity index is 1310. The van der Waals surface area contributed by atoms with E-state index in [4.69, 9.17) is 0 Å². The lowest BCUT2D eigenvalue weighted by atomic mass is 9.93. The SMILES string of the molecule is Cc1ccc([C@H](C(=O)N[C@@H](CC(=O)O)c2cncc(-c3c(C)cccc3C)c2)N2CC(C)CCC2=O)cc1. The van der Waals surface area contributed by atoms with Gasteiger partial charge in [-0.3, -0.25) is 19.4 Å². The van der Waals surface area contributed by atoms with Gasteiger partial charge in [0.2, 0.25) is 11.8 Å². The molecule has 1 unspecified atom stereocenters. The molecule has 0 aliphatic carbocycles. The van der Waals surface area contributed by atoms with Crippen molar-refractivity contribution in [1.82, 2.24) is 15.2 Å². The fourth-order valence-electron chi connectivity index (χ4n) is 5.25. The number of hydrogen-bond donors (Lipinski definition) is 2. The predicted molar refractivity (Wildman–Crippen MR) is 146 cm³/mol. The van der Waals surface area contributed by atoms with Crippen LogP contribution in [0.15, 0.2) is 60.9 Å². The number of benzene rings is 2. The first-order valence-corrected chi connectivity index (χ1v) is 13.0. The molecule has 2 N–H and O–H groups in total. The highest BCUT2D eigenvalue weighted by Crippen LogP contribution is 2.32. The average Bonchev–Trinajstić information content (AvgIpc) is 2.87. The number of pyridine rings is 1. The molecule has 4 rings (SSSR count). The minimum absolute atomic E-state index is 0.0719. The zero-order valence-corrected chi connectivity index (χ0v) is 22.4. The molecule has 2 heterocycles. The van der Waals surface area contributed by atoms with Crippen LogP contribution in [0.2, 0.25) is 0 Å². The summed E-state index contributed by atoms with van der Waals surface area (Å²) in [5.74, 6) is -1.25. The van der Waals surface area contributed by atoms with E-state index in [9.17, 15) is 19.5 Å². The number of aryl methyl sites for hydroxylation is 3. The third-order valence-electron chi connectivity index (χ3n) is 7.26. The first-order valence-electron chi connectivity index (χ1n) is 13.0. The van der Waals surface area contributed by atoms with Crippen LogP contribution in [-0.2, 0) is 14.4 Å². The number of carbonyl (C=O) groups excluding carboxylic acids is 2. The van der Waals surface area contributed by atoms with Gasteiger partial charge in [0.1, 0.15) is 6.04 Å². The fraction of sp³-hybridized carbons (Fsp3) is 0.355. The molecule has 0 saturated carbocycles. The molecular weight excluding hydrogens is 478 g/mol. The number of carboxylic acid groups (broad SMARTS) is 1. The number of hydrogen-bond acceptors (Lipinski definition) is 4. The van der Waals surface area contributed by atoms with Gasteiger partial charge in [-0.1, -0.05) is 55.0 Å². The van der Waals surface area contributed by atoms with Crippen LogP contribution in [0.5, 0.6) is 0 Å². The number of carboxylic acids is 1. The second-order valence-electron chi connectivity index (χ2n) is 10.4. The highest BCUT2D eigenvalue weighted by molar-refractivity contribution is 5.89. The number of amides is 2. The van der Waals surface area contributed by atoms with Crippen LogP contribution in [0, 0.1) is 26.7 Å². The number of nitrogens with one attached hydrogen (secondary N) is 1. The number of aliphatic carboxylic acids is 1. The Morgan fingerprint density at radius 3 is 2.39 bits per heavy atom. The van der Waals surface area contributed by atoms with Crippen molar-refractivity contribution in [2.24, 2.45) is 5.92 Å². The number of likely N-dealkylation sites (tertiary alicyclic amines) is 1. The van der Waals surface area contributed by atoms with Crippen LogP contribution >= 0.6 is 0 Å². The Balaban J connectivity index is 1.70. The summed E-state index contributed by atoms with van der Waals surface area (Å²) in [5.41, 5.74) is 6.41. The van der Waals surface area contributed by atoms with Crippen LogP contribution < -0.4 is 5.32 Å². The van der Waals surface area contributed by atoms with Crippen molar-refractivity contribution in [3.05, 3.63) is 88.7 Å². The highest BCUT2D eigenvalue weighted by Gasteiger charge is 2.36. The predicted octanol–water partition coefficient (Wildman–Crippen LogP) is 5.31. The molecule has 0 radical (unpaired) electrons. The molecule has 7 nitrogen and oxygen atoms in total. The molecule has 1 aliphatic heterocycles. The molecule has 3 aromatic rings. The van der Waals surface area contributed by atoms with Gasteiger partial charge in [0.15, 0.2) is 0 Å². The first kappa shape index (κ1) is 27.0. The van der Waals surface area contributed by atoms with E-state index in [1.54, 1.807) is 17.3 Å². The van der Waals surface area contributed by atoms with E-state index < -0.39 is 24.0 Å². The van der Waals surface area contributed by atoms with Gasteiger partial charge in [-0.15, -0.1) is 0 Å². The maximum atomic E-state index is 13.9. The normalized spacial score (nSPS) is 17.1. The summed E-state index contributed by atoms with van der Waals surface area (Å²) in [6.07, 6.45) is 4.21. The number of rotatable bonds is 8. The number of nitrogens with zero attached hydrogens (tertiary/aromatic N) is 2. The smallest absolute Gasteiger partial charge is 0.305 e. The third kappa shape index (κ3) is 6.10. The zero-order valence-electron chi connectivity index (χ0n) is 22.4. The highest BCUT2D eigenvalue weighted by atomic mass is 16.4. The van der Waals surface area contributed by atoms with Gasteiger partial charge in [0.05, 0.1) is 12.5 Å². The quantitative estimate of drug-likeness (QED) is 0.426. The van der Waals surface area contributed by atoms with Gasteiger partial charge in [0.25, 0.3) is 0 Å². The topological polar surface area (TPSA) is 99.6 Å². The van der Waals surface area contributed by atoms with Gasteiger partial charge in [0, 0.05) is 30.9 Å². The van der Waals surface area contributed by atoms with Crippen molar-refractivity contribution < 1.29 is 19.5 Å². The van der Waals surface area contributed by atoms with E-state index in [-0.39, 0.29) is 18.2 Å². The van der Waals surface area contributed by atoms with E-state index in [2.05, 4.69) is 17.2 Å². The van der Waals surface area contributed by atoms with E-state index in [1.807, 2.05) is 69.3 Å². The zero-order chi connectivity index (χ0) is 27.4. The molecule has 1 fully saturated rings. The minimum Gasteiger partial charge on any atom is -0.481 e. The van der Waals surface area contributed by atoms with Gasteiger partial charge in [-0.2, -0.15) is 0 Å². The van der Waals surface area contributed by atoms with E-state index in [0.717, 1.165) is 34.2 Å². The summed E-state index contributed by atoms with van der Waals surface area (Å²) in [7, 11) is 0. The van der Waals surface area contributed by atoms with Crippen molar-refractivity contribution in [2.75, 3.05) is 6.54 Å². The molecule has 3 atom stereocenters. The molecule has 2 amide bonds. The van der Waals surface area contributed by atoms with Crippen molar-refractivity contribution in [3.63, 3.8) is 0 Å². The standard InChI is InChI=1S/C31H35N3O4/c1-19-8-11-23(12-9-19)30(34-18-20(2)10-13-27(34)35)31(38)33-26(15-28(36)37)24-14-25(17-32-16-24)29-21(3)6-5-7-22(29)4/h5-9,11-12,14,16-17,20,26,30H,10,13,15,18H2,1-4H3,(H,33,38)(H,36,37)/t20?,26-,30+/m0/s1. The van der Waals surface area contributed by atoms with Crippen LogP contribution in [0.3, 0.4) is 0 Å². The Hall–Kier alpha value is -4.00. The minimum atomic E-state index is -1.04. The lowest BCUT2D eigenvalue weighted by Gasteiger charge is -2.37. The molecule has 198 valence electrons. The maximum Gasteiger partial charge on any atom is 0.305 e. The van der Waals surface area contributed by atoms with Crippen molar-refractivity contribution >= 4 is 17.8 Å². The fourth-order valence-corrected chi connectivity index (χ4v) is 5.25. The van der Waals surface area contributed by atoms with E-state index >= 15 is 0 Å². The lowest BCUT2D eigenvalue weighted by molar-refractivity contribution is -0.145. The summed E-state index contributed by atoms with van der Waals surface area (Å²) >= 11 is 0. The molecule has 0 spiro atoms. The first-order chi connectivity index (χ1) is 18.1. The molecule has 1 saturated heterocycles. The monoisotopic (exact) mass is 513 g/mol. The van der Waals surface area contributed by atoms with Gasteiger partial charge in [-0.05, 0) is 67.0 Å². The number of carbonyl (C=O) groups is 3. The molecule has 7 heteroatoms. The molecule has 0 bridgehead atoms. The lowest BCUT2D eigenvalue weighted by Crippen LogP contribution is -2.48. The van der Waals surface area contributed by atoms with Crippen LogP contribution in [0.4, 0.5) is 0 Å². The Kier molecular flexibility index (Phi) is 8.25. The average molecular weight is 514 g/mol. The van der Waals surface area contributed by atoms with Gasteiger partial charge in [-0.25, -0.2) is 0 Å². The summed E-state index contributed by atoms with van der Waals surface area (Å²) in [4.78, 5) is 44.8. The second-order valence-corrected chi connectivity index (χ2v) is 10.4. The van der Waals surface area contributed by atoms with Gasteiger partial charge >= 0.3 is 5.97 Å². The van der Waals surface area contributed by atoms with E-state index in [0.29, 0.717) is 24.1 Å². The Labute approximate surface area is 223 Å². The van der Waals surface area contributed by atoms with Crippen LogP contribution in [-0.4, -0.2) is 39.3 Å². The second kappa shape index (κ2) is 11.6.